The Labute approximate surface area is 192 Å². The highest BCUT2D eigenvalue weighted by Gasteiger charge is 2.32. The van der Waals surface area contributed by atoms with Gasteiger partial charge >= 0.3 is 5.97 Å². The number of nitro benzene ring substituents is 1. The Morgan fingerprint density at radius 2 is 1.55 bits per heavy atom. The Hall–Kier alpha value is -3.31. The maximum Gasteiger partial charge on any atom is 0.324 e. The molecule has 0 aliphatic rings. The molecule has 0 aliphatic heterocycles. The number of nitrogens with one attached hydrogen (secondary N) is 2. The van der Waals surface area contributed by atoms with E-state index in [9.17, 15) is 28.1 Å². The van der Waals surface area contributed by atoms with Gasteiger partial charge in [-0.3, -0.25) is 19.7 Å². The highest BCUT2D eigenvalue weighted by atomic mass is 32.2. The van der Waals surface area contributed by atoms with Crippen LogP contribution in [-0.4, -0.2) is 36.9 Å². The fourth-order valence-electron chi connectivity index (χ4n) is 2.71. The number of hydrogen-bond donors (Lipinski definition) is 2. The Morgan fingerprint density at radius 1 is 1.00 bits per heavy atom. The zero-order chi connectivity index (χ0) is 25.0. The van der Waals surface area contributed by atoms with Crippen LogP contribution in [0.2, 0.25) is 0 Å². The summed E-state index contributed by atoms with van der Waals surface area (Å²) in [5, 5.41) is 13.3. The van der Waals surface area contributed by atoms with Gasteiger partial charge in [-0.15, -0.1) is 0 Å². The van der Waals surface area contributed by atoms with E-state index in [4.69, 9.17) is 4.74 Å². The first kappa shape index (κ1) is 25.9. The number of rotatable bonds is 8. The molecule has 1 amide bonds. The van der Waals surface area contributed by atoms with Gasteiger partial charge < -0.3 is 10.1 Å². The third kappa shape index (κ3) is 7.36. The Bertz CT molecular complexity index is 1120. The summed E-state index contributed by atoms with van der Waals surface area (Å²) in [6.45, 7) is 8.49. The number of carbonyl (C=O) groups excluding carboxylic acids is 2. The fraction of sp³-hybridized carbons (Fsp3) is 0.364. The quantitative estimate of drug-likeness (QED) is 0.336. The first-order valence-corrected chi connectivity index (χ1v) is 11.6. The van der Waals surface area contributed by atoms with Crippen molar-refractivity contribution in [2.75, 3.05) is 5.32 Å². The van der Waals surface area contributed by atoms with Gasteiger partial charge in [0.05, 0.1) is 9.82 Å². The molecule has 0 spiro atoms. The van der Waals surface area contributed by atoms with Crippen LogP contribution in [0.4, 0.5) is 11.4 Å². The topological polar surface area (TPSA) is 145 Å². The maximum absolute atomic E-state index is 12.8. The highest BCUT2D eigenvalue weighted by Crippen LogP contribution is 2.19. The third-order valence-electron chi connectivity index (χ3n) is 4.37. The minimum absolute atomic E-state index is 0.0926. The van der Waals surface area contributed by atoms with Crippen LogP contribution in [0.1, 0.15) is 45.0 Å². The normalized spacial score (nSPS) is 12.8. The standard InChI is InChI=1S/C22H27N3O7S/c1-14(2)19(21(27)32-22(3,4)5)24-33(30,31)18-12-8-16(9-13-18)23-20(26)15-6-10-17(11-7-15)25(28)29/h6-14,19,24H,1-5H3,(H,23,26)/t19-/m1/s1. The van der Waals surface area contributed by atoms with Crippen LogP contribution in [0.25, 0.3) is 0 Å². The number of non-ortho nitro benzene ring substituents is 1. The zero-order valence-electron chi connectivity index (χ0n) is 19.0. The van der Waals surface area contributed by atoms with Gasteiger partial charge in [-0.2, -0.15) is 4.72 Å². The predicted molar refractivity (Wildman–Crippen MR) is 122 cm³/mol. The molecule has 2 aromatic carbocycles. The van der Waals surface area contributed by atoms with E-state index in [1.807, 2.05) is 0 Å². The summed E-state index contributed by atoms with van der Waals surface area (Å²) in [5.74, 6) is -1.54. The number of hydrogen-bond acceptors (Lipinski definition) is 7. The van der Waals surface area contributed by atoms with Crippen molar-refractivity contribution in [3.05, 3.63) is 64.2 Å². The van der Waals surface area contributed by atoms with Crippen LogP contribution in [0.15, 0.2) is 53.4 Å². The van der Waals surface area contributed by atoms with Crippen LogP contribution in [0.3, 0.4) is 0 Å². The van der Waals surface area contributed by atoms with Crippen molar-refractivity contribution in [1.29, 1.82) is 0 Å². The van der Waals surface area contributed by atoms with Crippen LogP contribution < -0.4 is 10.0 Å². The van der Waals surface area contributed by atoms with E-state index in [2.05, 4.69) is 10.0 Å². The van der Waals surface area contributed by atoms with Crippen molar-refractivity contribution in [2.45, 2.75) is 51.2 Å². The lowest BCUT2D eigenvalue weighted by atomic mass is 10.1. The molecule has 0 heterocycles. The van der Waals surface area contributed by atoms with Crippen molar-refractivity contribution in [1.82, 2.24) is 4.72 Å². The molecule has 0 bridgehead atoms. The van der Waals surface area contributed by atoms with Crippen LogP contribution in [-0.2, 0) is 19.6 Å². The second-order valence-corrected chi connectivity index (χ2v) is 10.4. The van der Waals surface area contributed by atoms with E-state index in [0.29, 0.717) is 5.69 Å². The van der Waals surface area contributed by atoms with E-state index in [0.717, 1.165) is 0 Å². The van der Waals surface area contributed by atoms with E-state index in [1.54, 1.807) is 34.6 Å². The summed E-state index contributed by atoms with van der Waals surface area (Å²) in [4.78, 5) is 34.8. The van der Waals surface area contributed by atoms with E-state index < -0.39 is 38.5 Å². The minimum Gasteiger partial charge on any atom is -0.459 e. The summed E-state index contributed by atoms with van der Waals surface area (Å²) >= 11 is 0. The highest BCUT2D eigenvalue weighted by molar-refractivity contribution is 7.89. The monoisotopic (exact) mass is 477 g/mol. The molecule has 1 atom stereocenters. The Balaban J connectivity index is 2.12. The second kappa shape index (κ2) is 10.1. The summed E-state index contributed by atoms with van der Waals surface area (Å²) < 4.78 is 33.3. The molecule has 33 heavy (non-hydrogen) atoms. The number of ether oxygens (including phenoxy) is 1. The van der Waals surface area contributed by atoms with Gasteiger partial charge in [0.25, 0.3) is 11.6 Å². The summed E-state index contributed by atoms with van der Waals surface area (Å²) in [5.41, 5.74) is -0.375. The molecule has 11 heteroatoms. The number of esters is 1. The maximum atomic E-state index is 12.8. The fourth-order valence-corrected chi connectivity index (χ4v) is 4.05. The third-order valence-corrected chi connectivity index (χ3v) is 5.83. The molecule has 0 aromatic heterocycles. The van der Waals surface area contributed by atoms with Gasteiger partial charge in [-0.25, -0.2) is 8.42 Å². The van der Waals surface area contributed by atoms with Crippen molar-refractivity contribution in [3.8, 4) is 0 Å². The molecular weight excluding hydrogens is 450 g/mol. The minimum atomic E-state index is -4.04. The molecule has 178 valence electrons. The molecule has 0 saturated heterocycles. The van der Waals surface area contributed by atoms with Gasteiger partial charge in [0.15, 0.2) is 0 Å². The Morgan fingerprint density at radius 3 is 2.00 bits per heavy atom. The molecule has 0 aliphatic carbocycles. The predicted octanol–water partition coefficient (Wildman–Crippen LogP) is 3.49. The lowest BCUT2D eigenvalue weighted by Crippen LogP contribution is -2.47. The van der Waals surface area contributed by atoms with Crippen molar-refractivity contribution >= 4 is 33.3 Å². The average molecular weight is 478 g/mol. The van der Waals surface area contributed by atoms with E-state index >= 15 is 0 Å². The van der Waals surface area contributed by atoms with Gasteiger partial charge in [0.1, 0.15) is 11.6 Å². The number of nitrogens with zero attached hydrogens (tertiary/aromatic N) is 1. The molecule has 2 rings (SSSR count). The number of carbonyl (C=O) groups is 2. The second-order valence-electron chi connectivity index (χ2n) is 8.66. The van der Waals surface area contributed by atoms with Crippen LogP contribution in [0, 0.1) is 16.0 Å². The smallest absolute Gasteiger partial charge is 0.324 e. The van der Waals surface area contributed by atoms with Crippen molar-refractivity contribution < 1.29 is 27.7 Å². The van der Waals surface area contributed by atoms with E-state index in [1.165, 1.54) is 48.5 Å². The lowest BCUT2D eigenvalue weighted by Gasteiger charge is -2.26. The molecule has 10 nitrogen and oxygen atoms in total. The molecule has 0 saturated carbocycles. The summed E-state index contributed by atoms with van der Waals surface area (Å²) in [7, 11) is -4.04. The number of amides is 1. The van der Waals surface area contributed by atoms with E-state index in [-0.39, 0.29) is 22.1 Å². The first-order chi connectivity index (χ1) is 15.2. The zero-order valence-corrected chi connectivity index (χ0v) is 19.8. The molecule has 0 fully saturated rings. The first-order valence-electron chi connectivity index (χ1n) is 10.1. The van der Waals surface area contributed by atoms with Gasteiger partial charge in [-0.05, 0) is 63.1 Å². The summed E-state index contributed by atoms with van der Waals surface area (Å²) in [6.07, 6.45) is 0. The average Bonchev–Trinajstić information content (AvgIpc) is 2.71. The molecule has 2 aromatic rings. The molecule has 0 radical (unpaired) electrons. The summed E-state index contributed by atoms with van der Waals surface area (Å²) in [6, 6.07) is 9.37. The molecular formula is C22H27N3O7S. The number of sulfonamides is 1. The number of anilines is 1. The SMILES string of the molecule is CC(C)[C@@H](NS(=O)(=O)c1ccc(NC(=O)c2ccc([N+](=O)[O-])cc2)cc1)C(=O)OC(C)(C)C. The molecule has 0 unspecified atom stereocenters. The largest absolute Gasteiger partial charge is 0.459 e. The van der Waals surface area contributed by atoms with Crippen LogP contribution >= 0.6 is 0 Å². The number of benzene rings is 2. The van der Waals surface area contributed by atoms with Crippen molar-refractivity contribution in [2.24, 2.45) is 5.92 Å². The van der Waals surface area contributed by atoms with Gasteiger partial charge in [0.2, 0.25) is 10.0 Å². The number of nitro groups is 1. The van der Waals surface area contributed by atoms with Gasteiger partial charge in [0, 0.05) is 23.4 Å². The molecule has 2 N–H and O–H groups in total. The Kier molecular flexibility index (Phi) is 7.93. The van der Waals surface area contributed by atoms with Crippen LogP contribution in [0.5, 0.6) is 0 Å². The van der Waals surface area contributed by atoms with Crippen molar-refractivity contribution in [3.63, 3.8) is 0 Å². The van der Waals surface area contributed by atoms with Gasteiger partial charge in [-0.1, -0.05) is 13.8 Å². The lowest BCUT2D eigenvalue weighted by molar-refractivity contribution is -0.384.